The largest absolute Gasteiger partial charge is 0.494 e. The zero-order valence-corrected chi connectivity index (χ0v) is 14.8. The van der Waals surface area contributed by atoms with E-state index in [4.69, 9.17) is 4.74 Å². The number of hydrogen-bond donors (Lipinski definition) is 3. The SMILES string of the molecule is CCCCOc1ccc(NC(=O)NCC2CCCC(O)C2)c(C)c1. The second-order valence-corrected chi connectivity index (χ2v) is 6.70. The number of aliphatic hydroxyl groups is 1. The Kier molecular flexibility index (Phi) is 7.37. The molecule has 134 valence electrons. The van der Waals surface area contributed by atoms with Crippen molar-refractivity contribution in [3.63, 3.8) is 0 Å². The third-order valence-corrected chi connectivity index (χ3v) is 4.52. The fourth-order valence-electron chi connectivity index (χ4n) is 3.05. The van der Waals surface area contributed by atoms with Crippen molar-refractivity contribution in [1.29, 1.82) is 0 Å². The molecule has 1 aliphatic rings. The summed E-state index contributed by atoms with van der Waals surface area (Å²) in [6.45, 7) is 5.42. The molecule has 1 aromatic rings. The topological polar surface area (TPSA) is 70.6 Å². The molecule has 0 heterocycles. The molecule has 0 radical (unpaired) electrons. The minimum atomic E-state index is -0.212. The molecule has 24 heavy (non-hydrogen) atoms. The van der Waals surface area contributed by atoms with Crippen LogP contribution in [0.1, 0.15) is 51.0 Å². The van der Waals surface area contributed by atoms with Gasteiger partial charge >= 0.3 is 6.03 Å². The molecule has 2 amide bonds. The Hall–Kier alpha value is -1.75. The van der Waals surface area contributed by atoms with Crippen molar-refractivity contribution in [2.24, 2.45) is 5.92 Å². The lowest BCUT2D eigenvalue weighted by Crippen LogP contribution is -2.35. The van der Waals surface area contributed by atoms with E-state index in [9.17, 15) is 9.90 Å². The highest BCUT2D eigenvalue weighted by molar-refractivity contribution is 5.90. The van der Waals surface area contributed by atoms with Crippen LogP contribution in [0.25, 0.3) is 0 Å². The maximum Gasteiger partial charge on any atom is 0.319 e. The van der Waals surface area contributed by atoms with Gasteiger partial charge in [0.25, 0.3) is 0 Å². The summed E-state index contributed by atoms with van der Waals surface area (Å²) in [4.78, 5) is 12.1. The maximum absolute atomic E-state index is 12.1. The van der Waals surface area contributed by atoms with E-state index in [1.807, 2.05) is 25.1 Å². The summed E-state index contributed by atoms with van der Waals surface area (Å²) in [7, 11) is 0. The average Bonchev–Trinajstić information content (AvgIpc) is 2.56. The van der Waals surface area contributed by atoms with Crippen LogP contribution in [-0.2, 0) is 0 Å². The first-order valence-electron chi connectivity index (χ1n) is 9.05. The summed E-state index contributed by atoms with van der Waals surface area (Å²) in [5, 5.41) is 15.5. The number of aliphatic hydroxyl groups excluding tert-OH is 1. The lowest BCUT2D eigenvalue weighted by molar-refractivity contribution is 0.101. The minimum Gasteiger partial charge on any atom is -0.494 e. The van der Waals surface area contributed by atoms with Gasteiger partial charge in [-0.15, -0.1) is 0 Å². The first kappa shape index (κ1) is 18.6. The van der Waals surface area contributed by atoms with E-state index < -0.39 is 0 Å². The first-order valence-corrected chi connectivity index (χ1v) is 9.05. The van der Waals surface area contributed by atoms with Gasteiger partial charge in [-0.2, -0.15) is 0 Å². The van der Waals surface area contributed by atoms with Crippen molar-refractivity contribution in [1.82, 2.24) is 5.32 Å². The predicted molar refractivity (Wildman–Crippen MR) is 96.6 cm³/mol. The van der Waals surface area contributed by atoms with Gasteiger partial charge in [0.1, 0.15) is 5.75 Å². The van der Waals surface area contributed by atoms with Crippen molar-refractivity contribution in [2.75, 3.05) is 18.5 Å². The summed E-state index contributed by atoms with van der Waals surface area (Å²) in [6.07, 6.45) is 5.70. The molecule has 1 fully saturated rings. The van der Waals surface area contributed by atoms with Gasteiger partial charge in [0.05, 0.1) is 12.7 Å². The molecule has 2 rings (SSSR count). The van der Waals surface area contributed by atoms with Crippen LogP contribution in [0.4, 0.5) is 10.5 Å². The van der Waals surface area contributed by atoms with E-state index in [1.165, 1.54) is 0 Å². The number of benzene rings is 1. The van der Waals surface area contributed by atoms with Crippen LogP contribution in [0.2, 0.25) is 0 Å². The second-order valence-electron chi connectivity index (χ2n) is 6.70. The lowest BCUT2D eigenvalue weighted by Gasteiger charge is -2.26. The molecule has 0 spiro atoms. The van der Waals surface area contributed by atoms with E-state index in [0.29, 0.717) is 12.5 Å². The highest BCUT2D eigenvalue weighted by atomic mass is 16.5. The third kappa shape index (κ3) is 6.04. The summed E-state index contributed by atoms with van der Waals surface area (Å²) in [5.74, 6) is 1.21. The van der Waals surface area contributed by atoms with Crippen molar-refractivity contribution < 1.29 is 14.6 Å². The normalized spacial score (nSPS) is 20.5. The van der Waals surface area contributed by atoms with Crippen LogP contribution < -0.4 is 15.4 Å². The number of carbonyl (C=O) groups excluding carboxylic acids is 1. The number of rotatable bonds is 7. The Balaban J connectivity index is 1.78. The second kappa shape index (κ2) is 9.52. The van der Waals surface area contributed by atoms with E-state index >= 15 is 0 Å². The van der Waals surface area contributed by atoms with Gasteiger partial charge in [-0.25, -0.2) is 4.79 Å². The summed E-state index contributed by atoms with van der Waals surface area (Å²) in [6, 6.07) is 5.51. The number of aryl methyl sites for hydroxylation is 1. The molecule has 0 bridgehead atoms. The van der Waals surface area contributed by atoms with Crippen LogP contribution in [-0.4, -0.2) is 30.4 Å². The van der Waals surface area contributed by atoms with Crippen LogP contribution in [0.5, 0.6) is 5.75 Å². The standard InChI is InChI=1S/C19H30N2O3/c1-3-4-10-24-17-8-9-18(14(2)11-17)21-19(23)20-13-15-6-5-7-16(22)12-15/h8-9,11,15-16,22H,3-7,10,12-13H2,1-2H3,(H2,20,21,23). The molecule has 2 atom stereocenters. The minimum absolute atomic E-state index is 0.196. The molecule has 3 N–H and O–H groups in total. The Bertz CT molecular complexity index is 533. The Morgan fingerprint density at radius 3 is 2.92 bits per heavy atom. The van der Waals surface area contributed by atoms with Crippen molar-refractivity contribution >= 4 is 11.7 Å². The lowest BCUT2D eigenvalue weighted by atomic mass is 9.87. The fourth-order valence-corrected chi connectivity index (χ4v) is 3.05. The number of urea groups is 1. The number of nitrogens with one attached hydrogen (secondary N) is 2. The van der Waals surface area contributed by atoms with Gasteiger partial charge in [0, 0.05) is 12.2 Å². The van der Waals surface area contributed by atoms with Gasteiger partial charge in [0.2, 0.25) is 0 Å². The Morgan fingerprint density at radius 1 is 1.38 bits per heavy atom. The van der Waals surface area contributed by atoms with Crippen LogP contribution in [0.3, 0.4) is 0 Å². The van der Waals surface area contributed by atoms with E-state index in [-0.39, 0.29) is 12.1 Å². The molecule has 1 aromatic carbocycles. The number of anilines is 1. The Labute approximate surface area is 144 Å². The first-order chi connectivity index (χ1) is 11.6. The van der Waals surface area contributed by atoms with E-state index in [1.54, 1.807) is 0 Å². The van der Waals surface area contributed by atoms with Crippen LogP contribution >= 0.6 is 0 Å². The number of hydrogen-bond acceptors (Lipinski definition) is 3. The molecular formula is C19H30N2O3. The number of ether oxygens (including phenoxy) is 1. The van der Waals surface area contributed by atoms with Crippen LogP contribution in [0.15, 0.2) is 18.2 Å². The molecule has 0 aromatic heterocycles. The zero-order valence-electron chi connectivity index (χ0n) is 14.8. The van der Waals surface area contributed by atoms with E-state index in [0.717, 1.165) is 62.1 Å². The number of amides is 2. The summed E-state index contributed by atoms with van der Waals surface area (Å²) >= 11 is 0. The molecule has 0 aliphatic heterocycles. The van der Waals surface area contributed by atoms with Crippen LogP contribution in [0, 0.1) is 12.8 Å². The highest BCUT2D eigenvalue weighted by Crippen LogP contribution is 2.24. The molecule has 2 unspecified atom stereocenters. The van der Waals surface area contributed by atoms with Crippen molar-refractivity contribution in [2.45, 2.75) is 58.5 Å². The molecule has 1 saturated carbocycles. The van der Waals surface area contributed by atoms with Crippen molar-refractivity contribution in [3.05, 3.63) is 23.8 Å². The van der Waals surface area contributed by atoms with Crippen molar-refractivity contribution in [3.8, 4) is 5.75 Å². The third-order valence-electron chi connectivity index (χ3n) is 4.52. The molecule has 5 heteroatoms. The zero-order chi connectivity index (χ0) is 17.4. The van der Waals surface area contributed by atoms with E-state index in [2.05, 4.69) is 17.6 Å². The molecular weight excluding hydrogens is 304 g/mol. The van der Waals surface area contributed by atoms with Gasteiger partial charge in [-0.05, 0) is 62.3 Å². The summed E-state index contributed by atoms with van der Waals surface area (Å²) in [5.41, 5.74) is 1.77. The monoisotopic (exact) mass is 334 g/mol. The average molecular weight is 334 g/mol. The number of unbranched alkanes of at least 4 members (excludes halogenated alkanes) is 1. The quantitative estimate of drug-likeness (QED) is 0.663. The van der Waals surface area contributed by atoms with Gasteiger partial charge < -0.3 is 20.5 Å². The predicted octanol–water partition coefficient (Wildman–Crippen LogP) is 3.85. The maximum atomic E-state index is 12.1. The smallest absolute Gasteiger partial charge is 0.319 e. The molecule has 1 aliphatic carbocycles. The Morgan fingerprint density at radius 2 is 2.21 bits per heavy atom. The number of carbonyl (C=O) groups is 1. The van der Waals surface area contributed by atoms with Gasteiger partial charge in [-0.3, -0.25) is 0 Å². The molecule has 5 nitrogen and oxygen atoms in total. The fraction of sp³-hybridized carbons (Fsp3) is 0.632. The van der Waals surface area contributed by atoms with Gasteiger partial charge in [0.15, 0.2) is 0 Å². The highest BCUT2D eigenvalue weighted by Gasteiger charge is 2.20. The summed E-state index contributed by atoms with van der Waals surface area (Å²) < 4.78 is 5.67. The van der Waals surface area contributed by atoms with Gasteiger partial charge in [-0.1, -0.05) is 19.8 Å². The molecule has 0 saturated heterocycles.